The average Bonchev–Trinajstić information content (AvgIpc) is 3.15. The molecule has 0 saturated carbocycles. The Morgan fingerprint density at radius 3 is 2.71 bits per heavy atom. The topological polar surface area (TPSA) is 42.7 Å². The summed E-state index contributed by atoms with van der Waals surface area (Å²) in [7, 11) is 0. The Morgan fingerprint density at radius 1 is 1.24 bits per heavy atom. The summed E-state index contributed by atoms with van der Waals surface area (Å²) in [6, 6.07) is 14.0. The largest absolute Gasteiger partial charge is 0.305 e. The fraction of sp³-hybridized carbons (Fsp3) is 0.200. The van der Waals surface area contributed by atoms with E-state index < -0.39 is 0 Å². The van der Waals surface area contributed by atoms with E-state index in [1.165, 1.54) is 0 Å². The van der Waals surface area contributed by atoms with Crippen LogP contribution >= 0.6 is 22.9 Å². The number of nitrogens with one attached hydrogen (secondary N) is 1. The Kier molecular flexibility index (Phi) is 4.34. The van der Waals surface area contributed by atoms with E-state index in [9.17, 15) is 0 Å². The molecule has 0 spiro atoms. The number of halogens is 1. The number of hydrogen-bond acceptors (Lipinski definition) is 4. The van der Waals surface area contributed by atoms with Crippen molar-refractivity contribution in [3.05, 3.63) is 63.6 Å². The monoisotopic (exact) mass is 318 g/mol. The van der Waals surface area contributed by atoms with E-state index in [0.717, 1.165) is 27.1 Å². The van der Waals surface area contributed by atoms with E-state index >= 15 is 0 Å². The van der Waals surface area contributed by atoms with E-state index in [4.69, 9.17) is 11.6 Å². The van der Waals surface area contributed by atoms with Crippen LogP contribution in [0.15, 0.2) is 48.7 Å². The van der Waals surface area contributed by atoms with E-state index in [1.54, 1.807) is 17.5 Å². The molecule has 108 valence electrons. The second-order valence-electron chi connectivity index (χ2n) is 4.54. The molecule has 1 unspecified atom stereocenters. The molecular weight excluding hydrogens is 304 g/mol. The maximum atomic E-state index is 6.08. The number of rotatable bonds is 5. The molecule has 0 bridgehead atoms. The highest BCUT2D eigenvalue weighted by atomic mass is 35.5. The zero-order valence-corrected chi connectivity index (χ0v) is 13.1. The Morgan fingerprint density at radius 2 is 2.05 bits per heavy atom. The molecule has 4 nitrogen and oxygen atoms in total. The lowest BCUT2D eigenvalue weighted by molar-refractivity contribution is 0.599. The van der Waals surface area contributed by atoms with Crippen LogP contribution in [0.4, 0.5) is 0 Å². The number of benzene rings is 1. The number of thiophene rings is 1. The fourth-order valence-electron chi connectivity index (χ4n) is 2.25. The third-order valence-corrected chi connectivity index (χ3v) is 4.45. The molecule has 0 aliphatic carbocycles. The van der Waals surface area contributed by atoms with Crippen LogP contribution in [-0.2, 0) is 0 Å². The van der Waals surface area contributed by atoms with Gasteiger partial charge in [-0.3, -0.25) is 0 Å². The molecule has 0 radical (unpaired) electrons. The number of hydrogen-bond donors (Lipinski definition) is 1. The van der Waals surface area contributed by atoms with Crippen molar-refractivity contribution >= 4 is 22.9 Å². The van der Waals surface area contributed by atoms with Crippen molar-refractivity contribution in [2.45, 2.75) is 13.0 Å². The van der Waals surface area contributed by atoms with Crippen molar-refractivity contribution in [1.82, 2.24) is 20.3 Å². The van der Waals surface area contributed by atoms with Crippen molar-refractivity contribution in [2.24, 2.45) is 0 Å². The normalized spacial score (nSPS) is 12.5. The Labute approximate surface area is 132 Å². The molecule has 0 fully saturated rings. The first-order chi connectivity index (χ1) is 10.3. The summed E-state index contributed by atoms with van der Waals surface area (Å²) in [6.45, 7) is 2.93. The van der Waals surface area contributed by atoms with E-state index in [1.807, 2.05) is 47.1 Å². The van der Waals surface area contributed by atoms with Crippen LogP contribution in [0.3, 0.4) is 0 Å². The molecule has 1 atom stereocenters. The highest BCUT2D eigenvalue weighted by Crippen LogP contribution is 2.31. The van der Waals surface area contributed by atoms with Crippen molar-refractivity contribution in [1.29, 1.82) is 0 Å². The first-order valence-corrected chi connectivity index (χ1v) is 7.93. The van der Waals surface area contributed by atoms with Gasteiger partial charge in [-0.15, -0.1) is 16.4 Å². The van der Waals surface area contributed by atoms with Gasteiger partial charge in [0.05, 0.1) is 28.0 Å². The molecule has 0 aliphatic heterocycles. The quantitative estimate of drug-likeness (QED) is 0.780. The lowest BCUT2D eigenvalue weighted by atomic mass is 10.1. The van der Waals surface area contributed by atoms with Crippen molar-refractivity contribution < 1.29 is 0 Å². The van der Waals surface area contributed by atoms with Crippen molar-refractivity contribution in [3.8, 4) is 5.69 Å². The molecular formula is C15H15ClN4S. The van der Waals surface area contributed by atoms with Crippen LogP contribution < -0.4 is 5.32 Å². The summed E-state index contributed by atoms with van der Waals surface area (Å²) in [5, 5.41) is 11.8. The molecule has 1 N–H and O–H groups in total. The van der Waals surface area contributed by atoms with Crippen LogP contribution in [0.2, 0.25) is 4.34 Å². The van der Waals surface area contributed by atoms with E-state index in [0.29, 0.717) is 0 Å². The third-order valence-electron chi connectivity index (χ3n) is 3.16. The zero-order valence-electron chi connectivity index (χ0n) is 11.5. The van der Waals surface area contributed by atoms with Crippen molar-refractivity contribution in [2.75, 3.05) is 6.54 Å². The second-order valence-corrected chi connectivity index (χ2v) is 6.29. The van der Waals surface area contributed by atoms with Gasteiger partial charge in [-0.1, -0.05) is 41.9 Å². The van der Waals surface area contributed by atoms with Crippen LogP contribution in [0.25, 0.3) is 5.69 Å². The maximum absolute atomic E-state index is 6.08. The summed E-state index contributed by atoms with van der Waals surface area (Å²) < 4.78 is 2.65. The minimum absolute atomic E-state index is 0.0303. The fourth-order valence-corrected chi connectivity index (χ4v) is 3.40. The van der Waals surface area contributed by atoms with Gasteiger partial charge in [0.25, 0.3) is 0 Å². The molecule has 6 heteroatoms. The van der Waals surface area contributed by atoms with Gasteiger partial charge in [-0.2, -0.15) is 0 Å². The summed E-state index contributed by atoms with van der Waals surface area (Å²) in [6.07, 6.45) is 1.80. The predicted octanol–water partition coefficient (Wildman–Crippen LogP) is 3.68. The molecule has 1 aromatic carbocycles. The van der Waals surface area contributed by atoms with Gasteiger partial charge in [0, 0.05) is 4.88 Å². The van der Waals surface area contributed by atoms with Gasteiger partial charge in [-0.25, -0.2) is 4.68 Å². The summed E-state index contributed by atoms with van der Waals surface area (Å²) >= 11 is 7.65. The van der Waals surface area contributed by atoms with Crippen molar-refractivity contribution in [3.63, 3.8) is 0 Å². The lowest BCUT2D eigenvalue weighted by Gasteiger charge is -2.17. The lowest BCUT2D eigenvalue weighted by Crippen LogP contribution is -2.23. The van der Waals surface area contributed by atoms with Gasteiger partial charge in [0.2, 0.25) is 0 Å². The Hall–Kier alpha value is -1.69. The minimum atomic E-state index is 0.0303. The molecule has 2 aromatic heterocycles. The van der Waals surface area contributed by atoms with Gasteiger partial charge < -0.3 is 5.32 Å². The SMILES string of the molecule is CCNC(c1ccc(Cl)s1)c1cnnn1-c1ccccc1. The summed E-state index contributed by atoms with van der Waals surface area (Å²) in [5.41, 5.74) is 2.00. The van der Waals surface area contributed by atoms with Crippen LogP contribution in [-0.4, -0.2) is 21.5 Å². The summed E-state index contributed by atoms with van der Waals surface area (Å²) in [4.78, 5) is 1.15. The van der Waals surface area contributed by atoms with E-state index in [-0.39, 0.29) is 6.04 Å². The highest BCUT2D eigenvalue weighted by Gasteiger charge is 2.20. The van der Waals surface area contributed by atoms with Gasteiger partial charge in [-0.05, 0) is 30.8 Å². The first-order valence-electron chi connectivity index (χ1n) is 6.74. The van der Waals surface area contributed by atoms with Gasteiger partial charge in [0.15, 0.2) is 0 Å². The second kappa shape index (κ2) is 6.39. The molecule has 3 rings (SSSR count). The Bertz CT molecular complexity index is 707. The number of aromatic nitrogens is 3. The smallest absolute Gasteiger partial charge is 0.0931 e. The zero-order chi connectivity index (χ0) is 14.7. The van der Waals surface area contributed by atoms with Crippen LogP contribution in [0.5, 0.6) is 0 Å². The van der Waals surface area contributed by atoms with Crippen LogP contribution in [0.1, 0.15) is 23.5 Å². The molecule has 0 amide bonds. The molecule has 0 saturated heterocycles. The molecule has 0 aliphatic rings. The molecule has 2 heterocycles. The molecule has 21 heavy (non-hydrogen) atoms. The third kappa shape index (κ3) is 3.00. The standard InChI is InChI=1S/C15H15ClN4S/c1-2-17-15(13-8-9-14(16)21-13)12-10-18-19-20(12)11-6-4-3-5-7-11/h3-10,15,17H,2H2,1H3. The Balaban J connectivity index is 2.03. The predicted molar refractivity (Wildman–Crippen MR) is 86.2 cm³/mol. The maximum Gasteiger partial charge on any atom is 0.0931 e. The minimum Gasteiger partial charge on any atom is -0.305 e. The average molecular weight is 319 g/mol. The van der Waals surface area contributed by atoms with Gasteiger partial charge >= 0.3 is 0 Å². The number of nitrogens with zero attached hydrogens (tertiary/aromatic N) is 3. The first kappa shape index (κ1) is 14.3. The van der Waals surface area contributed by atoms with E-state index in [2.05, 4.69) is 22.6 Å². The van der Waals surface area contributed by atoms with Gasteiger partial charge in [0.1, 0.15) is 0 Å². The summed E-state index contributed by atoms with van der Waals surface area (Å²) in [5.74, 6) is 0. The van der Waals surface area contributed by atoms with Crippen LogP contribution in [0, 0.1) is 0 Å². The number of para-hydroxylation sites is 1. The molecule has 3 aromatic rings. The highest BCUT2D eigenvalue weighted by molar-refractivity contribution is 7.16.